The number of benzene rings is 1. The van der Waals surface area contributed by atoms with E-state index in [1.807, 2.05) is 39.1 Å². The molecule has 0 aliphatic rings. The predicted octanol–water partition coefficient (Wildman–Crippen LogP) is 2.85. The maximum atomic E-state index is 6.16. The van der Waals surface area contributed by atoms with E-state index >= 15 is 0 Å². The topological polar surface area (TPSA) is 53.1 Å². The minimum absolute atomic E-state index is 0.351. The van der Waals surface area contributed by atoms with Crippen LogP contribution >= 0.6 is 11.6 Å². The molecule has 0 fully saturated rings. The van der Waals surface area contributed by atoms with E-state index in [9.17, 15) is 0 Å². The third-order valence-electron chi connectivity index (χ3n) is 2.91. The van der Waals surface area contributed by atoms with Crippen molar-refractivity contribution in [1.29, 1.82) is 0 Å². The monoisotopic (exact) mass is 265 g/mol. The molecule has 5 heteroatoms. The molecular weight excluding hydrogens is 250 g/mol. The lowest BCUT2D eigenvalue weighted by Crippen LogP contribution is -2.05. The minimum atomic E-state index is 0.351. The average molecular weight is 266 g/mol. The zero-order valence-electron chi connectivity index (χ0n) is 10.7. The fourth-order valence-electron chi connectivity index (χ4n) is 1.76. The van der Waals surface area contributed by atoms with Crippen molar-refractivity contribution in [1.82, 2.24) is 9.78 Å². The van der Waals surface area contributed by atoms with Gasteiger partial charge in [0.15, 0.2) is 0 Å². The normalized spacial score (nSPS) is 10.7. The van der Waals surface area contributed by atoms with Crippen molar-refractivity contribution >= 4 is 17.3 Å². The number of hydrogen-bond donors (Lipinski definition) is 1. The number of nitrogens with zero attached hydrogens (tertiary/aromatic N) is 2. The first kappa shape index (κ1) is 12.8. The maximum Gasteiger partial charge on any atom is 0.143 e. The molecule has 0 spiro atoms. The third-order valence-corrected chi connectivity index (χ3v) is 3.40. The molecule has 2 aromatic rings. The quantitative estimate of drug-likeness (QED) is 0.869. The molecule has 0 radical (unpaired) electrons. The SMILES string of the molecule is Cc1cccc(OCc2c(Cl)c(C)nn2C)c1N. The smallest absolute Gasteiger partial charge is 0.143 e. The molecule has 0 aliphatic heterocycles. The lowest BCUT2D eigenvalue weighted by molar-refractivity contribution is 0.296. The van der Waals surface area contributed by atoms with Crippen LogP contribution < -0.4 is 10.5 Å². The number of rotatable bonds is 3. The lowest BCUT2D eigenvalue weighted by Gasteiger charge is -2.10. The van der Waals surface area contributed by atoms with E-state index in [-0.39, 0.29) is 0 Å². The molecule has 96 valence electrons. The Bertz CT molecular complexity index is 578. The molecule has 0 unspecified atom stereocenters. The van der Waals surface area contributed by atoms with Crippen molar-refractivity contribution < 1.29 is 4.74 Å². The summed E-state index contributed by atoms with van der Waals surface area (Å²) in [5.41, 5.74) is 9.25. The van der Waals surface area contributed by atoms with Gasteiger partial charge in [-0.15, -0.1) is 0 Å². The van der Waals surface area contributed by atoms with Crippen molar-refractivity contribution in [2.24, 2.45) is 7.05 Å². The number of para-hydroxylation sites is 1. The van der Waals surface area contributed by atoms with Gasteiger partial charge in [0.1, 0.15) is 12.4 Å². The van der Waals surface area contributed by atoms with E-state index in [4.69, 9.17) is 22.1 Å². The highest BCUT2D eigenvalue weighted by molar-refractivity contribution is 6.31. The van der Waals surface area contributed by atoms with Crippen LogP contribution in [0.3, 0.4) is 0 Å². The van der Waals surface area contributed by atoms with Gasteiger partial charge >= 0.3 is 0 Å². The molecule has 0 bridgehead atoms. The Hall–Kier alpha value is -1.68. The van der Waals surface area contributed by atoms with Gasteiger partial charge in [0.05, 0.1) is 22.1 Å². The molecule has 0 aliphatic carbocycles. The fourth-order valence-corrected chi connectivity index (χ4v) is 1.98. The summed E-state index contributed by atoms with van der Waals surface area (Å²) in [6.45, 7) is 4.17. The van der Waals surface area contributed by atoms with Crippen LogP contribution in [-0.4, -0.2) is 9.78 Å². The van der Waals surface area contributed by atoms with E-state index in [0.717, 1.165) is 17.0 Å². The second kappa shape index (κ2) is 4.90. The minimum Gasteiger partial charge on any atom is -0.485 e. The Kier molecular flexibility index (Phi) is 3.48. The van der Waals surface area contributed by atoms with Crippen LogP contribution in [0.5, 0.6) is 5.75 Å². The fraction of sp³-hybridized carbons (Fsp3) is 0.308. The van der Waals surface area contributed by atoms with Crippen LogP contribution in [0.15, 0.2) is 18.2 Å². The standard InChI is InChI=1S/C13H16ClN3O/c1-8-5-4-6-11(13(8)15)18-7-10-12(14)9(2)16-17(10)3/h4-6H,7,15H2,1-3H3. The molecule has 1 aromatic carbocycles. The van der Waals surface area contributed by atoms with E-state index in [1.54, 1.807) is 4.68 Å². The highest BCUT2D eigenvalue weighted by Crippen LogP contribution is 2.27. The van der Waals surface area contributed by atoms with Crippen molar-refractivity contribution in [3.63, 3.8) is 0 Å². The Balaban J connectivity index is 2.19. The largest absolute Gasteiger partial charge is 0.485 e. The van der Waals surface area contributed by atoms with Gasteiger partial charge in [0.25, 0.3) is 0 Å². The number of aryl methyl sites for hydroxylation is 3. The highest BCUT2D eigenvalue weighted by atomic mass is 35.5. The number of hydrogen-bond acceptors (Lipinski definition) is 3. The van der Waals surface area contributed by atoms with Crippen LogP contribution in [0.25, 0.3) is 0 Å². The number of aromatic nitrogens is 2. The molecule has 18 heavy (non-hydrogen) atoms. The summed E-state index contributed by atoms with van der Waals surface area (Å²) in [6.07, 6.45) is 0. The molecule has 0 saturated heterocycles. The van der Waals surface area contributed by atoms with Crippen molar-refractivity contribution in [2.45, 2.75) is 20.5 Å². The zero-order chi connectivity index (χ0) is 13.3. The van der Waals surface area contributed by atoms with E-state index in [1.165, 1.54) is 0 Å². The van der Waals surface area contributed by atoms with Crippen LogP contribution in [-0.2, 0) is 13.7 Å². The average Bonchev–Trinajstić information content (AvgIpc) is 2.56. The summed E-state index contributed by atoms with van der Waals surface area (Å²) in [4.78, 5) is 0. The summed E-state index contributed by atoms with van der Waals surface area (Å²) in [5.74, 6) is 0.671. The molecular formula is C13H16ClN3O. The summed E-state index contributed by atoms with van der Waals surface area (Å²) in [6, 6.07) is 5.71. The first-order chi connectivity index (χ1) is 8.50. The molecule has 0 saturated carbocycles. The van der Waals surface area contributed by atoms with Crippen LogP contribution in [0.1, 0.15) is 17.0 Å². The molecule has 2 rings (SSSR count). The number of halogens is 1. The van der Waals surface area contributed by atoms with Crippen molar-refractivity contribution in [3.05, 3.63) is 40.2 Å². The van der Waals surface area contributed by atoms with Crippen molar-refractivity contribution in [2.75, 3.05) is 5.73 Å². The second-order valence-electron chi connectivity index (χ2n) is 4.25. The number of nitrogens with two attached hydrogens (primary N) is 1. The number of nitrogen functional groups attached to an aromatic ring is 1. The van der Waals surface area contributed by atoms with Crippen LogP contribution in [0.4, 0.5) is 5.69 Å². The van der Waals surface area contributed by atoms with Gasteiger partial charge in [-0.3, -0.25) is 4.68 Å². The third kappa shape index (κ3) is 2.29. The van der Waals surface area contributed by atoms with Gasteiger partial charge in [0, 0.05) is 7.05 Å². The summed E-state index contributed by atoms with van der Waals surface area (Å²) < 4.78 is 7.43. The summed E-state index contributed by atoms with van der Waals surface area (Å²) in [5, 5.41) is 4.88. The van der Waals surface area contributed by atoms with Gasteiger partial charge in [-0.2, -0.15) is 5.10 Å². The molecule has 2 N–H and O–H groups in total. The van der Waals surface area contributed by atoms with Gasteiger partial charge < -0.3 is 10.5 Å². The van der Waals surface area contributed by atoms with Gasteiger partial charge in [-0.25, -0.2) is 0 Å². The van der Waals surface area contributed by atoms with E-state index in [0.29, 0.717) is 23.1 Å². The van der Waals surface area contributed by atoms with Gasteiger partial charge in [-0.1, -0.05) is 23.7 Å². The molecule has 0 atom stereocenters. The van der Waals surface area contributed by atoms with E-state index < -0.39 is 0 Å². The van der Waals surface area contributed by atoms with Crippen molar-refractivity contribution in [3.8, 4) is 5.75 Å². The second-order valence-corrected chi connectivity index (χ2v) is 4.62. The van der Waals surface area contributed by atoms with E-state index in [2.05, 4.69) is 5.10 Å². The zero-order valence-corrected chi connectivity index (χ0v) is 11.5. The molecule has 1 heterocycles. The highest BCUT2D eigenvalue weighted by Gasteiger charge is 2.12. The maximum absolute atomic E-state index is 6.16. The Morgan fingerprint density at radius 1 is 1.39 bits per heavy atom. The summed E-state index contributed by atoms with van der Waals surface area (Å²) in [7, 11) is 1.84. The predicted molar refractivity (Wildman–Crippen MR) is 72.9 cm³/mol. The van der Waals surface area contributed by atoms with Gasteiger partial charge in [-0.05, 0) is 25.5 Å². The Labute approximate surface area is 111 Å². The number of anilines is 1. The first-order valence-electron chi connectivity index (χ1n) is 5.66. The van der Waals surface area contributed by atoms with Gasteiger partial charge in [0.2, 0.25) is 0 Å². The molecule has 4 nitrogen and oxygen atoms in total. The van der Waals surface area contributed by atoms with Crippen LogP contribution in [0, 0.1) is 13.8 Å². The number of ether oxygens (including phenoxy) is 1. The van der Waals surface area contributed by atoms with Crippen LogP contribution in [0.2, 0.25) is 5.02 Å². The lowest BCUT2D eigenvalue weighted by atomic mass is 10.2. The summed E-state index contributed by atoms with van der Waals surface area (Å²) >= 11 is 6.16. The Morgan fingerprint density at radius 3 is 2.72 bits per heavy atom. The molecule has 1 aromatic heterocycles. The first-order valence-corrected chi connectivity index (χ1v) is 6.04. The Morgan fingerprint density at radius 2 is 2.11 bits per heavy atom. The molecule has 0 amide bonds.